The lowest BCUT2D eigenvalue weighted by Gasteiger charge is -2.16. The Morgan fingerprint density at radius 2 is 1.57 bits per heavy atom. The number of carbonyl (C=O) groups is 1. The maximum Gasteiger partial charge on any atom is 0.220 e. The summed E-state index contributed by atoms with van der Waals surface area (Å²) in [5.74, 6) is 1.66. The second-order valence-electron chi connectivity index (χ2n) is 10.2. The van der Waals surface area contributed by atoms with Crippen LogP contribution in [0, 0.1) is 13.8 Å². The molecule has 0 aliphatic heterocycles. The van der Waals surface area contributed by atoms with Crippen LogP contribution in [0.5, 0.6) is 0 Å². The number of nitrogens with one attached hydrogen (secondary N) is 1. The number of benzene rings is 2. The molecule has 0 spiro atoms. The van der Waals surface area contributed by atoms with Crippen LogP contribution in [-0.4, -0.2) is 20.7 Å². The van der Waals surface area contributed by atoms with Crippen LogP contribution in [0.4, 0.5) is 0 Å². The van der Waals surface area contributed by atoms with Crippen LogP contribution in [0.3, 0.4) is 0 Å². The number of thioether (sulfide) groups is 1. The molecule has 1 N–H and O–H groups in total. The van der Waals surface area contributed by atoms with E-state index in [1.54, 1.807) is 11.8 Å². The first-order chi connectivity index (χ1) is 18.0. The van der Waals surface area contributed by atoms with Crippen molar-refractivity contribution in [2.45, 2.75) is 109 Å². The molecule has 1 heterocycles. The van der Waals surface area contributed by atoms with Gasteiger partial charge < -0.3 is 5.32 Å². The minimum absolute atomic E-state index is 0.0860. The van der Waals surface area contributed by atoms with Gasteiger partial charge in [-0.2, -0.15) is 0 Å². The second kappa shape index (κ2) is 15.6. The summed E-state index contributed by atoms with van der Waals surface area (Å²) in [6.07, 6.45) is 11.8. The molecule has 0 saturated carbocycles. The van der Waals surface area contributed by atoms with Crippen LogP contribution < -0.4 is 5.32 Å². The number of aromatic nitrogens is 3. The molecule has 200 valence electrons. The normalized spacial score (nSPS) is 12.0. The zero-order chi connectivity index (χ0) is 26.5. The van der Waals surface area contributed by atoms with Crippen LogP contribution in [-0.2, 0) is 10.5 Å². The van der Waals surface area contributed by atoms with Crippen molar-refractivity contribution in [2.75, 3.05) is 0 Å². The average molecular weight is 521 g/mol. The van der Waals surface area contributed by atoms with Crippen LogP contribution >= 0.6 is 11.8 Å². The molecular formula is C31H44N4OS. The smallest absolute Gasteiger partial charge is 0.220 e. The zero-order valence-corrected chi connectivity index (χ0v) is 23.9. The number of hydrogen-bond acceptors (Lipinski definition) is 4. The molecule has 1 aromatic heterocycles. The molecule has 3 rings (SSSR count). The van der Waals surface area contributed by atoms with Gasteiger partial charge in [0.2, 0.25) is 5.91 Å². The molecule has 37 heavy (non-hydrogen) atoms. The van der Waals surface area contributed by atoms with Crippen molar-refractivity contribution in [3.05, 3.63) is 71.0 Å². The van der Waals surface area contributed by atoms with Crippen molar-refractivity contribution in [1.29, 1.82) is 0 Å². The number of amides is 1. The molecule has 0 aliphatic rings. The lowest BCUT2D eigenvalue weighted by Crippen LogP contribution is -2.28. The van der Waals surface area contributed by atoms with Gasteiger partial charge in [0, 0.05) is 17.9 Å². The Balaban J connectivity index is 1.58. The van der Waals surface area contributed by atoms with Gasteiger partial charge in [0.1, 0.15) is 0 Å². The molecule has 0 radical (unpaired) electrons. The van der Waals surface area contributed by atoms with E-state index in [1.165, 1.54) is 61.6 Å². The zero-order valence-electron chi connectivity index (χ0n) is 23.1. The van der Waals surface area contributed by atoms with Crippen LogP contribution in [0.25, 0.3) is 5.69 Å². The number of unbranched alkanes of at least 4 members (excludes halogenated alkanes) is 8. The Bertz CT molecular complexity index is 1090. The first-order valence-corrected chi connectivity index (χ1v) is 15.0. The van der Waals surface area contributed by atoms with Crippen molar-refractivity contribution in [2.24, 2.45) is 0 Å². The maximum atomic E-state index is 12.7. The SMILES string of the molecule is CCCCCCCCCCCC(=O)NC(C)c1nnc(SCc2cccc(C)c2)n1-c1ccc(C)cc1. The molecule has 5 nitrogen and oxygen atoms in total. The van der Waals surface area contributed by atoms with E-state index in [-0.39, 0.29) is 11.9 Å². The lowest BCUT2D eigenvalue weighted by atomic mass is 10.1. The monoisotopic (exact) mass is 520 g/mol. The van der Waals surface area contributed by atoms with E-state index >= 15 is 0 Å². The van der Waals surface area contributed by atoms with Gasteiger partial charge in [-0.3, -0.25) is 9.36 Å². The third kappa shape index (κ3) is 9.66. The Morgan fingerprint density at radius 1 is 0.892 bits per heavy atom. The molecule has 0 bridgehead atoms. The Morgan fingerprint density at radius 3 is 2.24 bits per heavy atom. The molecule has 0 saturated heterocycles. The molecule has 3 aromatic rings. The van der Waals surface area contributed by atoms with Gasteiger partial charge >= 0.3 is 0 Å². The predicted molar refractivity (Wildman–Crippen MR) is 155 cm³/mol. The molecule has 1 amide bonds. The van der Waals surface area contributed by atoms with Crippen LogP contribution in [0.15, 0.2) is 53.7 Å². The second-order valence-corrected chi connectivity index (χ2v) is 11.1. The predicted octanol–water partition coefficient (Wildman–Crippen LogP) is 8.27. The van der Waals surface area contributed by atoms with Crippen molar-refractivity contribution < 1.29 is 4.79 Å². The topological polar surface area (TPSA) is 59.8 Å². The highest BCUT2D eigenvalue weighted by atomic mass is 32.2. The number of aryl methyl sites for hydroxylation is 2. The van der Waals surface area contributed by atoms with E-state index in [0.29, 0.717) is 6.42 Å². The first kappa shape index (κ1) is 29.0. The van der Waals surface area contributed by atoms with Gasteiger partial charge in [0.25, 0.3) is 0 Å². The van der Waals surface area contributed by atoms with Crippen molar-refractivity contribution in [1.82, 2.24) is 20.1 Å². The Hall–Kier alpha value is -2.60. The first-order valence-electron chi connectivity index (χ1n) is 14.0. The summed E-state index contributed by atoms with van der Waals surface area (Å²) in [6, 6.07) is 16.7. The van der Waals surface area contributed by atoms with Gasteiger partial charge in [-0.25, -0.2) is 0 Å². The summed E-state index contributed by atoms with van der Waals surface area (Å²) < 4.78 is 2.09. The summed E-state index contributed by atoms with van der Waals surface area (Å²) in [5, 5.41) is 13.1. The van der Waals surface area contributed by atoms with Gasteiger partial charge in [-0.1, -0.05) is 118 Å². The average Bonchev–Trinajstić information content (AvgIpc) is 3.31. The third-order valence-electron chi connectivity index (χ3n) is 6.67. The quantitative estimate of drug-likeness (QED) is 0.152. The highest BCUT2D eigenvalue weighted by Gasteiger charge is 2.21. The van der Waals surface area contributed by atoms with Crippen molar-refractivity contribution in [3.8, 4) is 5.69 Å². The Labute approximate surface area is 227 Å². The third-order valence-corrected chi connectivity index (χ3v) is 7.67. The standard InChI is InChI=1S/C31H44N4OS/c1-5-6-7-8-9-10-11-12-13-17-29(36)32-26(4)30-33-34-31(35(30)28-20-18-24(2)19-21-28)37-23-27-16-14-15-25(3)22-27/h14-16,18-22,26H,5-13,17,23H2,1-4H3,(H,32,36). The molecular weight excluding hydrogens is 476 g/mol. The summed E-state index contributed by atoms with van der Waals surface area (Å²) >= 11 is 1.67. The molecule has 0 aliphatic carbocycles. The lowest BCUT2D eigenvalue weighted by molar-refractivity contribution is -0.121. The molecule has 6 heteroatoms. The number of rotatable bonds is 16. The fourth-order valence-corrected chi connectivity index (χ4v) is 5.42. The van der Waals surface area contributed by atoms with Crippen molar-refractivity contribution in [3.63, 3.8) is 0 Å². The van der Waals surface area contributed by atoms with E-state index in [0.717, 1.165) is 35.3 Å². The summed E-state index contributed by atoms with van der Waals surface area (Å²) in [7, 11) is 0. The van der Waals surface area contributed by atoms with Crippen LogP contribution in [0.1, 0.15) is 107 Å². The largest absolute Gasteiger partial charge is 0.346 e. The van der Waals surface area contributed by atoms with E-state index in [4.69, 9.17) is 0 Å². The van der Waals surface area contributed by atoms with Gasteiger partial charge in [0.15, 0.2) is 11.0 Å². The number of nitrogens with zero attached hydrogens (tertiary/aromatic N) is 3. The fourth-order valence-electron chi connectivity index (χ4n) is 4.52. The van der Waals surface area contributed by atoms with E-state index in [1.807, 2.05) is 6.92 Å². The fraction of sp³-hybridized carbons (Fsp3) is 0.516. The summed E-state index contributed by atoms with van der Waals surface area (Å²) in [6.45, 7) is 8.44. The summed E-state index contributed by atoms with van der Waals surface area (Å²) in [5.41, 5.74) is 4.72. The maximum absolute atomic E-state index is 12.7. The van der Waals surface area contributed by atoms with E-state index in [9.17, 15) is 4.79 Å². The molecule has 2 aromatic carbocycles. The van der Waals surface area contributed by atoms with Crippen LogP contribution in [0.2, 0.25) is 0 Å². The van der Waals surface area contributed by atoms with Crippen molar-refractivity contribution >= 4 is 17.7 Å². The highest BCUT2D eigenvalue weighted by molar-refractivity contribution is 7.98. The van der Waals surface area contributed by atoms with Gasteiger partial charge in [0.05, 0.1) is 6.04 Å². The highest BCUT2D eigenvalue weighted by Crippen LogP contribution is 2.28. The number of hydrogen-bond donors (Lipinski definition) is 1. The molecule has 1 atom stereocenters. The minimum atomic E-state index is -0.229. The summed E-state index contributed by atoms with van der Waals surface area (Å²) in [4.78, 5) is 12.7. The number of carbonyl (C=O) groups excluding carboxylic acids is 1. The minimum Gasteiger partial charge on any atom is -0.346 e. The molecule has 1 unspecified atom stereocenters. The molecule has 0 fully saturated rings. The van der Waals surface area contributed by atoms with Gasteiger partial charge in [-0.05, 0) is 44.9 Å². The van der Waals surface area contributed by atoms with E-state index < -0.39 is 0 Å². The van der Waals surface area contributed by atoms with Gasteiger partial charge in [-0.15, -0.1) is 10.2 Å². The Kier molecular flexibility index (Phi) is 12.2. The van der Waals surface area contributed by atoms with E-state index in [2.05, 4.69) is 89.4 Å².